The SMILES string of the molecule is COC(=O)C1=C(C)NC(C)=C(C(=O)OC)C1c1cc(Cl)ccc1OCCCCNCC(O)COc1ccccc1. The van der Waals surface area contributed by atoms with Crippen LogP contribution in [0.1, 0.15) is 38.2 Å². The summed E-state index contributed by atoms with van der Waals surface area (Å²) in [5, 5.41) is 16.9. The number of unbranched alkanes of at least 4 members (excludes halogenated alkanes) is 1. The molecule has 10 heteroatoms. The second kappa shape index (κ2) is 15.3. The van der Waals surface area contributed by atoms with Gasteiger partial charge in [-0.2, -0.15) is 0 Å². The molecule has 9 nitrogen and oxygen atoms in total. The number of aliphatic hydroxyl groups is 1. The van der Waals surface area contributed by atoms with Crippen molar-refractivity contribution >= 4 is 23.5 Å². The summed E-state index contributed by atoms with van der Waals surface area (Å²) >= 11 is 6.36. The number of hydrogen-bond donors (Lipinski definition) is 3. The molecule has 216 valence electrons. The van der Waals surface area contributed by atoms with Crippen LogP contribution in [0.3, 0.4) is 0 Å². The molecule has 1 heterocycles. The maximum atomic E-state index is 12.8. The minimum absolute atomic E-state index is 0.207. The van der Waals surface area contributed by atoms with Gasteiger partial charge in [0.05, 0.1) is 37.9 Å². The maximum Gasteiger partial charge on any atom is 0.336 e. The molecule has 0 amide bonds. The lowest BCUT2D eigenvalue weighted by Gasteiger charge is -2.31. The van der Waals surface area contributed by atoms with Gasteiger partial charge in [0.15, 0.2) is 0 Å². The Morgan fingerprint density at radius 3 is 2.25 bits per heavy atom. The molecule has 0 bridgehead atoms. The van der Waals surface area contributed by atoms with Gasteiger partial charge in [0.2, 0.25) is 0 Å². The first kappa shape index (κ1) is 31.0. The molecule has 40 heavy (non-hydrogen) atoms. The molecule has 0 saturated heterocycles. The zero-order valence-electron chi connectivity index (χ0n) is 23.3. The standard InChI is InChI=1S/C30H37ClN2O7/c1-19-26(29(35)37-3)28(27(20(2)33-19)30(36)38-4)24-16-21(31)12-13-25(24)39-15-9-8-14-32-17-22(34)18-40-23-10-6-5-7-11-23/h5-7,10-13,16,22,28,32-34H,8-9,14-15,17-18H2,1-4H3. The zero-order valence-corrected chi connectivity index (χ0v) is 24.0. The predicted octanol–water partition coefficient (Wildman–Crippen LogP) is 4.11. The Balaban J connectivity index is 1.61. The molecule has 2 aromatic rings. The summed E-state index contributed by atoms with van der Waals surface area (Å²) in [5.74, 6) is -0.717. The fourth-order valence-electron chi connectivity index (χ4n) is 4.51. The number of para-hydroxylation sites is 1. The molecule has 1 aliphatic heterocycles. The summed E-state index contributed by atoms with van der Waals surface area (Å²) < 4.78 is 21.8. The Morgan fingerprint density at radius 1 is 0.975 bits per heavy atom. The largest absolute Gasteiger partial charge is 0.493 e. The number of carbonyl (C=O) groups is 2. The van der Waals surface area contributed by atoms with E-state index < -0.39 is 24.0 Å². The summed E-state index contributed by atoms with van der Waals surface area (Å²) in [6, 6.07) is 14.5. The summed E-state index contributed by atoms with van der Waals surface area (Å²) in [4.78, 5) is 25.7. The fourth-order valence-corrected chi connectivity index (χ4v) is 4.69. The first-order chi connectivity index (χ1) is 19.3. The van der Waals surface area contributed by atoms with Crippen LogP contribution in [0.15, 0.2) is 71.1 Å². The Morgan fingerprint density at radius 2 is 1.62 bits per heavy atom. The molecule has 1 atom stereocenters. The third-order valence-electron chi connectivity index (χ3n) is 6.42. The van der Waals surface area contributed by atoms with Crippen LogP contribution in [-0.4, -0.2) is 63.7 Å². The third kappa shape index (κ3) is 8.24. The molecule has 0 saturated carbocycles. The van der Waals surface area contributed by atoms with Gasteiger partial charge in [0.25, 0.3) is 0 Å². The van der Waals surface area contributed by atoms with E-state index in [1.807, 2.05) is 30.3 Å². The Bertz CT molecular complexity index is 1190. The number of halogens is 1. The highest BCUT2D eigenvalue weighted by Gasteiger charge is 2.39. The molecule has 3 N–H and O–H groups in total. The number of esters is 2. The number of hydrogen-bond acceptors (Lipinski definition) is 9. The van der Waals surface area contributed by atoms with E-state index in [9.17, 15) is 14.7 Å². The second-order valence-electron chi connectivity index (χ2n) is 9.34. The van der Waals surface area contributed by atoms with E-state index in [1.54, 1.807) is 32.0 Å². The number of nitrogens with one attached hydrogen (secondary N) is 2. The van der Waals surface area contributed by atoms with Gasteiger partial charge in [-0.1, -0.05) is 29.8 Å². The minimum Gasteiger partial charge on any atom is -0.493 e. The molecule has 2 aromatic carbocycles. The fraction of sp³-hybridized carbons (Fsp3) is 0.400. The van der Waals surface area contributed by atoms with Gasteiger partial charge in [-0.15, -0.1) is 0 Å². The maximum absolute atomic E-state index is 12.8. The lowest BCUT2D eigenvalue weighted by Crippen LogP contribution is -2.32. The minimum atomic E-state index is -0.795. The van der Waals surface area contributed by atoms with Crippen molar-refractivity contribution in [3.63, 3.8) is 0 Å². The number of rotatable bonds is 14. The van der Waals surface area contributed by atoms with Gasteiger partial charge in [0.1, 0.15) is 24.2 Å². The van der Waals surface area contributed by atoms with Crippen molar-refractivity contribution in [2.75, 3.05) is 40.5 Å². The van der Waals surface area contributed by atoms with Crippen LogP contribution in [0.4, 0.5) is 0 Å². The van der Waals surface area contributed by atoms with Crippen molar-refractivity contribution < 1.29 is 33.6 Å². The van der Waals surface area contributed by atoms with Crippen molar-refractivity contribution in [1.82, 2.24) is 10.6 Å². The van der Waals surface area contributed by atoms with Crippen LogP contribution >= 0.6 is 11.6 Å². The first-order valence-corrected chi connectivity index (χ1v) is 13.5. The average molecular weight is 573 g/mol. The number of dihydropyridines is 1. The highest BCUT2D eigenvalue weighted by Crippen LogP contribution is 2.43. The molecule has 1 unspecified atom stereocenters. The topological polar surface area (TPSA) is 115 Å². The third-order valence-corrected chi connectivity index (χ3v) is 6.66. The van der Waals surface area contributed by atoms with E-state index in [2.05, 4.69) is 10.6 Å². The van der Waals surface area contributed by atoms with Crippen molar-refractivity contribution in [2.24, 2.45) is 0 Å². The van der Waals surface area contributed by atoms with E-state index in [0.717, 1.165) is 18.6 Å². The highest BCUT2D eigenvalue weighted by molar-refractivity contribution is 6.30. The molecule has 0 spiro atoms. The van der Waals surface area contributed by atoms with Crippen LogP contribution in [0, 0.1) is 0 Å². The molecule has 0 aromatic heterocycles. The molecule has 0 radical (unpaired) electrons. The van der Waals surface area contributed by atoms with Crippen LogP contribution < -0.4 is 20.1 Å². The molecular formula is C30H37ClN2O7. The highest BCUT2D eigenvalue weighted by atomic mass is 35.5. The number of methoxy groups -OCH3 is 2. The average Bonchev–Trinajstić information content (AvgIpc) is 2.95. The quantitative estimate of drug-likeness (QED) is 0.227. The van der Waals surface area contributed by atoms with E-state index >= 15 is 0 Å². The van der Waals surface area contributed by atoms with E-state index in [-0.39, 0.29) is 17.8 Å². The number of allylic oxidation sites excluding steroid dienone is 2. The van der Waals surface area contributed by atoms with Crippen molar-refractivity contribution in [1.29, 1.82) is 0 Å². The first-order valence-electron chi connectivity index (χ1n) is 13.1. The number of carbonyl (C=O) groups excluding carboxylic acids is 2. The molecule has 3 rings (SSSR count). The van der Waals surface area contributed by atoms with Crippen molar-refractivity contribution in [2.45, 2.75) is 38.7 Å². The zero-order chi connectivity index (χ0) is 29.1. The van der Waals surface area contributed by atoms with E-state index in [0.29, 0.717) is 47.4 Å². The number of ether oxygens (including phenoxy) is 4. The van der Waals surface area contributed by atoms with Gasteiger partial charge in [-0.3, -0.25) is 0 Å². The molecule has 0 aliphatic carbocycles. The Labute approximate surface area is 240 Å². The number of benzene rings is 2. The van der Waals surface area contributed by atoms with Gasteiger partial charge in [-0.05, 0) is 63.6 Å². The Kier molecular flexibility index (Phi) is 11.9. The van der Waals surface area contributed by atoms with E-state index in [1.165, 1.54) is 14.2 Å². The van der Waals surface area contributed by atoms with Crippen molar-refractivity contribution in [3.8, 4) is 11.5 Å². The van der Waals surface area contributed by atoms with Gasteiger partial charge in [0, 0.05) is 28.5 Å². The normalized spacial score (nSPS) is 14.4. The Hall–Kier alpha value is -3.53. The van der Waals surface area contributed by atoms with Gasteiger partial charge < -0.3 is 34.7 Å². The summed E-state index contributed by atoms with van der Waals surface area (Å²) in [6.07, 6.45) is 0.913. The predicted molar refractivity (Wildman–Crippen MR) is 152 cm³/mol. The lowest BCUT2D eigenvalue weighted by molar-refractivity contribution is -0.137. The van der Waals surface area contributed by atoms with Gasteiger partial charge in [-0.25, -0.2) is 9.59 Å². The van der Waals surface area contributed by atoms with Gasteiger partial charge >= 0.3 is 11.9 Å². The van der Waals surface area contributed by atoms with Crippen LogP contribution in [0.5, 0.6) is 11.5 Å². The van der Waals surface area contributed by atoms with Crippen LogP contribution in [0.25, 0.3) is 0 Å². The molecule has 1 aliphatic rings. The summed E-state index contributed by atoms with van der Waals surface area (Å²) in [6.45, 7) is 5.21. The molecule has 0 fully saturated rings. The smallest absolute Gasteiger partial charge is 0.336 e. The van der Waals surface area contributed by atoms with Crippen molar-refractivity contribution in [3.05, 3.63) is 81.7 Å². The van der Waals surface area contributed by atoms with Crippen LogP contribution in [-0.2, 0) is 19.1 Å². The lowest BCUT2D eigenvalue weighted by atomic mass is 9.80. The molecular weight excluding hydrogens is 536 g/mol. The second-order valence-corrected chi connectivity index (χ2v) is 9.77. The monoisotopic (exact) mass is 572 g/mol. The van der Waals surface area contributed by atoms with Crippen LogP contribution in [0.2, 0.25) is 5.02 Å². The number of aliphatic hydroxyl groups excluding tert-OH is 1. The summed E-state index contributed by atoms with van der Waals surface area (Å²) in [5.41, 5.74) is 2.25. The summed E-state index contributed by atoms with van der Waals surface area (Å²) in [7, 11) is 2.59. The van der Waals surface area contributed by atoms with E-state index in [4.69, 9.17) is 30.5 Å².